The molecular formula is C15H19NO2. The highest BCUT2D eigenvalue weighted by molar-refractivity contribution is 5.48. The van der Waals surface area contributed by atoms with Gasteiger partial charge in [-0.15, -0.1) is 0 Å². The molecule has 0 bridgehead atoms. The molecule has 0 fully saturated rings. The molecular weight excluding hydrogens is 226 g/mol. The standard InChI is InChI=1S/C15H19NO2/c1-3-8-14(2,17)15(11-16)9-10-18-13-7-5-4-6-12(13)15/h4-7,17H,3,8-10H2,1-2H3. The van der Waals surface area contributed by atoms with E-state index in [4.69, 9.17) is 4.74 Å². The van der Waals surface area contributed by atoms with Crippen molar-refractivity contribution in [3.8, 4) is 11.8 Å². The number of fused-ring (bicyclic) bond motifs is 1. The van der Waals surface area contributed by atoms with Gasteiger partial charge in [0, 0.05) is 12.0 Å². The highest BCUT2D eigenvalue weighted by Crippen LogP contribution is 2.47. The van der Waals surface area contributed by atoms with Crippen LogP contribution in [0.5, 0.6) is 5.75 Å². The molecule has 0 radical (unpaired) electrons. The van der Waals surface area contributed by atoms with E-state index >= 15 is 0 Å². The number of hydrogen-bond acceptors (Lipinski definition) is 3. The van der Waals surface area contributed by atoms with Crippen molar-refractivity contribution in [2.45, 2.75) is 44.1 Å². The lowest BCUT2D eigenvalue weighted by Crippen LogP contribution is -2.51. The molecule has 3 heteroatoms. The van der Waals surface area contributed by atoms with Crippen LogP contribution in [0.2, 0.25) is 0 Å². The van der Waals surface area contributed by atoms with Crippen molar-refractivity contribution in [3.05, 3.63) is 29.8 Å². The van der Waals surface area contributed by atoms with E-state index in [-0.39, 0.29) is 0 Å². The van der Waals surface area contributed by atoms with E-state index in [1.165, 1.54) is 0 Å². The van der Waals surface area contributed by atoms with Crippen LogP contribution in [0.1, 0.15) is 38.7 Å². The van der Waals surface area contributed by atoms with Gasteiger partial charge in [0.2, 0.25) is 0 Å². The monoisotopic (exact) mass is 245 g/mol. The summed E-state index contributed by atoms with van der Waals surface area (Å²) in [5.41, 5.74) is -1.08. The molecule has 1 heterocycles. The molecule has 2 unspecified atom stereocenters. The van der Waals surface area contributed by atoms with Gasteiger partial charge in [-0.3, -0.25) is 0 Å². The molecule has 2 rings (SSSR count). The first-order valence-corrected chi connectivity index (χ1v) is 6.43. The van der Waals surface area contributed by atoms with Gasteiger partial charge in [0.15, 0.2) is 0 Å². The van der Waals surface area contributed by atoms with E-state index in [0.717, 1.165) is 17.7 Å². The molecule has 0 amide bonds. The maximum atomic E-state index is 10.8. The Hall–Kier alpha value is -1.53. The molecule has 0 spiro atoms. The zero-order valence-corrected chi connectivity index (χ0v) is 10.9. The Kier molecular flexibility index (Phi) is 3.32. The predicted molar refractivity (Wildman–Crippen MR) is 69.4 cm³/mol. The third-order valence-corrected chi connectivity index (χ3v) is 3.93. The zero-order valence-electron chi connectivity index (χ0n) is 10.9. The normalized spacial score (nSPS) is 25.4. The quantitative estimate of drug-likeness (QED) is 0.890. The fourth-order valence-electron chi connectivity index (χ4n) is 2.89. The van der Waals surface area contributed by atoms with Gasteiger partial charge in [-0.25, -0.2) is 0 Å². The Morgan fingerprint density at radius 2 is 2.22 bits per heavy atom. The van der Waals surface area contributed by atoms with Gasteiger partial charge < -0.3 is 9.84 Å². The summed E-state index contributed by atoms with van der Waals surface area (Å²) in [6, 6.07) is 9.90. The number of nitriles is 1. The minimum atomic E-state index is -1.03. The second-order valence-corrected chi connectivity index (χ2v) is 5.14. The van der Waals surface area contributed by atoms with Gasteiger partial charge >= 0.3 is 0 Å². The topological polar surface area (TPSA) is 53.2 Å². The van der Waals surface area contributed by atoms with Gasteiger partial charge in [-0.05, 0) is 19.4 Å². The second kappa shape index (κ2) is 4.62. The molecule has 1 aromatic carbocycles. The van der Waals surface area contributed by atoms with Crippen LogP contribution in [0.15, 0.2) is 24.3 Å². The van der Waals surface area contributed by atoms with Crippen molar-refractivity contribution < 1.29 is 9.84 Å². The lowest BCUT2D eigenvalue weighted by Gasteiger charge is -2.43. The summed E-state index contributed by atoms with van der Waals surface area (Å²) < 4.78 is 5.59. The van der Waals surface area contributed by atoms with Crippen LogP contribution in [0, 0.1) is 11.3 Å². The highest BCUT2D eigenvalue weighted by atomic mass is 16.5. The molecule has 96 valence electrons. The first-order chi connectivity index (χ1) is 8.57. The lowest BCUT2D eigenvalue weighted by molar-refractivity contribution is -0.0232. The molecule has 1 aliphatic heterocycles. The number of rotatable bonds is 3. The van der Waals surface area contributed by atoms with E-state index in [0.29, 0.717) is 19.4 Å². The summed E-state index contributed by atoms with van der Waals surface area (Å²) in [6.07, 6.45) is 1.99. The van der Waals surface area contributed by atoms with Crippen molar-refractivity contribution in [2.75, 3.05) is 6.61 Å². The van der Waals surface area contributed by atoms with Crippen molar-refractivity contribution in [1.29, 1.82) is 5.26 Å². The number of hydrogen-bond donors (Lipinski definition) is 1. The van der Waals surface area contributed by atoms with Crippen LogP contribution in [0.4, 0.5) is 0 Å². The molecule has 3 nitrogen and oxygen atoms in total. The van der Waals surface area contributed by atoms with E-state index in [1.54, 1.807) is 6.92 Å². The molecule has 0 aromatic heterocycles. The van der Waals surface area contributed by atoms with Gasteiger partial charge in [0.05, 0.1) is 18.3 Å². The first kappa shape index (κ1) is 12.9. The van der Waals surface area contributed by atoms with Crippen LogP contribution in [-0.4, -0.2) is 17.3 Å². The molecule has 0 saturated carbocycles. The van der Waals surface area contributed by atoms with Crippen molar-refractivity contribution in [1.82, 2.24) is 0 Å². The summed E-state index contributed by atoms with van der Waals surface area (Å²) in [5.74, 6) is 0.724. The number of aliphatic hydroxyl groups is 1. The first-order valence-electron chi connectivity index (χ1n) is 6.43. The van der Waals surface area contributed by atoms with Crippen molar-refractivity contribution >= 4 is 0 Å². The lowest BCUT2D eigenvalue weighted by atomic mass is 9.64. The minimum absolute atomic E-state index is 0.477. The SMILES string of the molecule is CCCC(C)(O)C1(C#N)CCOc2ccccc21. The van der Waals surface area contributed by atoms with Crippen LogP contribution in [-0.2, 0) is 5.41 Å². The summed E-state index contributed by atoms with van der Waals surface area (Å²) in [7, 11) is 0. The van der Waals surface area contributed by atoms with Crippen LogP contribution in [0.3, 0.4) is 0 Å². The molecule has 1 aromatic rings. The third kappa shape index (κ3) is 1.77. The maximum absolute atomic E-state index is 10.8. The van der Waals surface area contributed by atoms with E-state index in [1.807, 2.05) is 31.2 Å². The minimum Gasteiger partial charge on any atom is -0.493 e. The third-order valence-electron chi connectivity index (χ3n) is 3.93. The van der Waals surface area contributed by atoms with Crippen LogP contribution in [0.25, 0.3) is 0 Å². The van der Waals surface area contributed by atoms with Crippen molar-refractivity contribution in [3.63, 3.8) is 0 Å². The molecule has 18 heavy (non-hydrogen) atoms. The average Bonchev–Trinajstić information content (AvgIpc) is 2.37. The second-order valence-electron chi connectivity index (χ2n) is 5.14. The predicted octanol–water partition coefficient (Wildman–Crippen LogP) is 2.78. The molecule has 1 N–H and O–H groups in total. The summed E-state index contributed by atoms with van der Waals surface area (Å²) in [4.78, 5) is 0. The van der Waals surface area contributed by atoms with Gasteiger partial charge in [-0.2, -0.15) is 5.26 Å². The smallest absolute Gasteiger partial charge is 0.124 e. The Bertz CT molecular complexity index is 476. The maximum Gasteiger partial charge on any atom is 0.124 e. The number of para-hydroxylation sites is 1. The Labute approximate surface area is 108 Å². The Balaban J connectivity index is 2.56. The number of benzene rings is 1. The van der Waals surface area contributed by atoms with E-state index in [2.05, 4.69) is 6.07 Å². The van der Waals surface area contributed by atoms with Gasteiger partial charge in [-0.1, -0.05) is 31.5 Å². The van der Waals surface area contributed by atoms with E-state index in [9.17, 15) is 10.4 Å². The molecule has 0 aliphatic carbocycles. The molecule has 0 saturated heterocycles. The Morgan fingerprint density at radius 1 is 1.50 bits per heavy atom. The summed E-state index contributed by atoms with van der Waals surface area (Å²) in [6.45, 7) is 4.26. The van der Waals surface area contributed by atoms with Crippen LogP contribution >= 0.6 is 0 Å². The van der Waals surface area contributed by atoms with Crippen molar-refractivity contribution in [2.24, 2.45) is 0 Å². The summed E-state index contributed by atoms with van der Waals surface area (Å²) in [5, 5.41) is 20.4. The molecule has 2 atom stereocenters. The highest BCUT2D eigenvalue weighted by Gasteiger charge is 2.51. The van der Waals surface area contributed by atoms with E-state index < -0.39 is 11.0 Å². The zero-order chi connectivity index (χ0) is 13.2. The Morgan fingerprint density at radius 3 is 2.89 bits per heavy atom. The van der Waals surface area contributed by atoms with Gasteiger partial charge in [0.25, 0.3) is 0 Å². The van der Waals surface area contributed by atoms with Gasteiger partial charge in [0.1, 0.15) is 11.2 Å². The number of ether oxygens (including phenoxy) is 1. The fourth-order valence-corrected chi connectivity index (χ4v) is 2.89. The molecule has 1 aliphatic rings. The average molecular weight is 245 g/mol. The fraction of sp³-hybridized carbons (Fsp3) is 0.533. The number of nitrogens with zero attached hydrogens (tertiary/aromatic N) is 1. The summed E-state index contributed by atoms with van der Waals surface area (Å²) >= 11 is 0. The van der Waals surface area contributed by atoms with Crippen LogP contribution < -0.4 is 4.74 Å². The largest absolute Gasteiger partial charge is 0.493 e.